The van der Waals surface area contributed by atoms with Gasteiger partial charge in [0.25, 0.3) is 5.56 Å². The lowest BCUT2D eigenvalue weighted by Gasteiger charge is -2.28. The minimum absolute atomic E-state index is 0.0100. The normalized spacial score (nSPS) is 18.7. The first kappa shape index (κ1) is 22.4. The van der Waals surface area contributed by atoms with Crippen LogP contribution in [0.5, 0.6) is 17.2 Å². The molecule has 36 heavy (non-hydrogen) atoms. The zero-order chi connectivity index (χ0) is 25.6. The van der Waals surface area contributed by atoms with Gasteiger partial charge >= 0.3 is 0 Å². The van der Waals surface area contributed by atoms with Crippen molar-refractivity contribution in [2.75, 3.05) is 13.0 Å². The van der Waals surface area contributed by atoms with Gasteiger partial charge in [-0.1, -0.05) is 0 Å². The Morgan fingerprint density at radius 1 is 1.03 bits per heavy atom. The molecule has 0 spiro atoms. The Kier molecular flexibility index (Phi) is 4.67. The fourth-order valence-electron chi connectivity index (χ4n) is 5.73. The number of nitrogen functional groups attached to an aromatic ring is 1. The van der Waals surface area contributed by atoms with Crippen molar-refractivity contribution in [3.05, 3.63) is 60.9 Å². The minimum Gasteiger partial charge on any atom is -0.506 e. The molecule has 2 aliphatic rings. The van der Waals surface area contributed by atoms with E-state index in [1.807, 2.05) is 0 Å². The fraction of sp³-hybridized carbons (Fsp3) is 0.308. The van der Waals surface area contributed by atoms with Crippen LogP contribution in [0.15, 0.2) is 26.1 Å². The van der Waals surface area contributed by atoms with Crippen LogP contribution in [0.1, 0.15) is 53.2 Å². The van der Waals surface area contributed by atoms with Crippen LogP contribution in [0.4, 0.5) is 0 Å². The standard InChI is InChI=1S/C26H24N2O8/c1-9-7-11-8-10-3-4-12-17(15(10)20(31)16(11)26(34)28(9)27)21(32)19-22(33)18-13(29)5-6-14(30)24(18)36-25(19)23(12)35-2/h7-8,13-14,29-32H,3-6,27H2,1-2H3/t13-,14+/m0/s1. The van der Waals surface area contributed by atoms with Crippen LogP contribution >= 0.6 is 0 Å². The molecule has 0 amide bonds. The summed E-state index contributed by atoms with van der Waals surface area (Å²) in [6.45, 7) is 1.68. The zero-order valence-electron chi connectivity index (χ0n) is 19.6. The number of aliphatic hydroxyl groups excluding tert-OH is 2. The monoisotopic (exact) mass is 492 g/mol. The molecule has 0 fully saturated rings. The Hall–Kier alpha value is -4.02. The summed E-state index contributed by atoms with van der Waals surface area (Å²) in [7, 11) is 1.39. The van der Waals surface area contributed by atoms with Crippen molar-refractivity contribution in [2.45, 2.75) is 44.8 Å². The van der Waals surface area contributed by atoms with Crippen LogP contribution in [0.25, 0.3) is 32.9 Å². The van der Waals surface area contributed by atoms with Gasteiger partial charge in [-0.2, -0.15) is 0 Å². The number of nitrogens with zero attached hydrogens (tertiary/aromatic N) is 1. The predicted molar refractivity (Wildman–Crippen MR) is 131 cm³/mol. The first-order chi connectivity index (χ1) is 17.1. The van der Waals surface area contributed by atoms with E-state index in [2.05, 4.69) is 0 Å². The molecule has 0 saturated carbocycles. The number of benzene rings is 2. The predicted octanol–water partition coefficient (Wildman–Crippen LogP) is 2.18. The van der Waals surface area contributed by atoms with Gasteiger partial charge < -0.3 is 35.4 Å². The van der Waals surface area contributed by atoms with Crippen molar-refractivity contribution in [3.8, 4) is 28.4 Å². The highest BCUT2D eigenvalue weighted by Crippen LogP contribution is 2.53. The third-order valence-electron chi connectivity index (χ3n) is 7.47. The van der Waals surface area contributed by atoms with Crippen molar-refractivity contribution in [3.63, 3.8) is 0 Å². The largest absolute Gasteiger partial charge is 0.506 e. The summed E-state index contributed by atoms with van der Waals surface area (Å²) in [5, 5.41) is 44.0. The third kappa shape index (κ3) is 2.73. The number of ether oxygens (including phenoxy) is 1. The molecule has 0 saturated heterocycles. The van der Waals surface area contributed by atoms with Crippen molar-refractivity contribution in [2.24, 2.45) is 0 Å². The van der Waals surface area contributed by atoms with Gasteiger partial charge in [0, 0.05) is 22.4 Å². The first-order valence-corrected chi connectivity index (χ1v) is 11.6. The average molecular weight is 492 g/mol. The molecule has 10 heteroatoms. The third-order valence-corrected chi connectivity index (χ3v) is 7.47. The lowest BCUT2D eigenvalue weighted by molar-refractivity contribution is 0.0713. The summed E-state index contributed by atoms with van der Waals surface area (Å²) < 4.78 is 12.5. The van der Waals surface area contributed by atoms with Crippen molar-refractivity contribution in [1.82, 2.24) is 4.68 Å². The summed E-state index contributed by atoms with van der Waals surface area (Å²) in [4.78, 5) is 26.5. The maximum Gasteiger partial charge on any atom is 0.280 e. The van der Waals surface area contributed by atoms with E-state index in [0.717, 1.165) is 4.68 Å². The van der Waals surface area contributed by atoms with Crippen LogP contribution in [0, 0.1) is 6.92 Å². The number of aliphatic hydroxyl groups is 2. The Morgan fingerprint density at radius 3 is 2.44 bits per heavy atom. The molecule has 0 bridgehead atoms. The number of phenols is 2. The molecule has 6 N–H and O–H groups in total. The molecule has 0 aliphatic heterocycles. The van der Waals surface area contributed by atoms with Gasteiger partial charge in [0.2, 0.25) is 5.43 Å². The van der Waals surface area contributed by atoms with E-state index in [4.69, 9.17) is 15.0 Å². The molecule has 2 heterocycles. The summed E-state index contributed by atoms with van der Waals surface area (Å²) >= 11 is 0. The van der Waals surface area contributed by atoms with Gasteiger partial charge in [-0.15, -0.1) is 0 Å². The van der Waals surface area contributed by atoms with Gasteiger partial charge in [-0.3, -0.25) is 9.59 Å². The molecule has 6 rings (SSSR count). The molecular formula is C26H24N2O8. The topological polar surface area (TPSA) is 168 Å². The van der Waals surface area contributed by atoms with Gasteiger partial charge in [0.15, 0.2) is 11.3 Å². The molecule has 0 unspecified atom stereocenters. The molecule has 186 valence electrons. The Balaban J connectivity index is 1.79. The van der Waals surface area contributed by atoms with E-state index in [1.165, 1.54) is 7.11 Å². The van der Waals surface area contributed by atoms with Crippen molar-refractivity contribution in [1.29, 1.82) is 0 Å². The number of fused-ring (bicyclic) bond motifs is 6. The summed E-state index contributed by atoms with van der Waals surface area (Å²) in [5.74, 6) is 5.18. The number of methoxy groups -OCH3 is 1. The smallest absolute Gasteiger partial charge is 0.280 e. The molecule has 4 aromatic rings. The summed E-state index contributed by atoms with van der Waals surface area (Å²) in [6.07, 6.45) is -1.03. The van der Waals surface area contributed by atoms with E-state index in [1.54, 1.807) is 19.1 Å². The highest BCUT2D eigenvalue weighted by molar-refractivity contribution is 6.04. The second-order valence-corrected chi connectivity index (χ2v) is 9.44. The number of phenolic OH excluding ortho intramolecular Hbond substituents is 2. The maximum atomic E-state index is 13.6. The van der Waals surface area contributed by atoms with Crippen LogP contribution in [0.3, 0.4) is 0 Å². The van der Waals surface area contributed by atoms with E-state index >= 15 is 0 Å². The molecule has 0 radical (unpaired) electrons. The van der Waals surface area contributed by atoms with Gasteiger partial charge in [0.1, 0.15) is 28.7 Å². The summed E-state index contributed by atoms with van der Waals surface area (Å²) in [6, 6.07) is 3.47. The number of aryl methyl sites for hydroxylation is 2. The molecule has 2 atom stereocenters. The molecule has 2 aromatic carbocycles. The first-order valence-electron chi connectivity index (χ1n) is 11.6. The molecular weight excluding hydrogens is 468 g/mol. The van der Waals surface area contributed by atoms with E-state index < -0.39 is 28.9 Å². The van der Waals surface area contributed by atoms with Gasteiger partial charge in [0.05, 0.1) is 24.2 Å². The Bertz CT molecular complexity index is 1750. The van der Waals surface area contributed by atoms with Crippen molar-refractivity contribution < 1.29 is 29.6 Å². The van der Waals surface area contributed by atoms with Crippen LogP contribution in [0.2, 0.25) is 0 Å². The number of hydrogen-bond acceptors (Lipinski definition) is 9. The minimum atomic E-state index is -1.17. The van der Waals surface area contributed by atoms with Crippen LogP contribution in [-0.2, 0) is 12.8 Å². The highest BCUT2D eigenvalue weighted by atomic mass is 16.5. The quantitative estimate of drug-likeness (QED) is 0.250. The van der Waals surface area contributed by atoms with Crippen LogP contribution in [-0.4, -0.2) is 32.2 Å². The van der Waals surface area contributed by atoms with Gasteiger partial charge in [-0.05, 0) is 55.7 Å². The van der Waals surface area contributed by atoms with Crippen molar-refractivity contribution >= 4 is 21.7 Å². The zero-order valence-corrected chi connectivity index (χ0v) is 19.6. The fourth-order valence-corrected chi connectivity index (χ4v) is 5.73. The summed E-state index contributed by atoms with van der Waals surface area (Å²) in [5.41, 5.74) is 0.588. The molecule has 2 aromatic heterocycles. The van der Waals surface area contributed by atoms with Crippen LogP contribution < -0.4 is 21.6 Å². The number of rotatable bonds is 1. The second kappa shape index (κ2) is 7.49. The number of hydrogen-bond donors (Lipinski definition) is 5. The Labute approximate surface area is 203 Å². The maximum absolute atomic E-state index is 13.6. The average Bonchev–Trinajstić information content (AvgIpc) is 2.84. The number of nitrogens with two attached hydrogens (primary N) is 1. The highest BCUT2D eigenvalue weighted by Gasteiger charge is 2.36. The van der Waals surface area contributed by atoms with E-state index in [0.29, 0.717) is 35.0 Å². The number of aromatic hydroxyl groups is 2. The second-order valence-electron chi connectivity index (χ2n) is 9.44. The lowest BCUT2D eigenvalue weighted by Crippen LogP contribution is -2.29. The van der Waals surface area contributed by atoms with E-state index in [9.17, 15) is 30.0 Å². The molecule has 2 aliphatic carbocycles. The Morgan fingerprint density at radius 2 is 1.72 bits per heavy atom. The lowest BCUT2D eigenvalue weighted by atomic mass is 9.81. The molecule has 10 nitrogen and oxygen atoms in total. The number of aromatic nitrogens is 1. The van der Waals surface area contributed by atoms with Gasteiger partial charge in [-0.25, -0.2) is 4.68 Å². The number of pyridine rings is 1. The SMILES string of the molecule is COc1c2c(c(O)c3c(=O)c4c(oc13)[C@H](O)CC[C@@H]4O)-c1c(cc3cc(C)n(N)c(=O)c3c1O)CC2. The van der Waals surface area contributed by atoms with E-state index in [-0.39, 0.29) is 63.1 Å².